The first-order valence-corrected chi connectivity index (χ1v) is 7.05. The Bertz CT molecular complexity index is 461. The van der Waals surface area contributed by atoms with Gasteiger partial charge < -0.3 is 10.4 Å². The molecule has 1 fully saturated rings. The first kappa shape index (κ1) is 14.5. The number of carboxylic acids is 1. The molecule has 0 aromatic carbocycles. The van der Waals surface area contributed by atoms with E-state index in [2.05, 4.69) is 10.3 Å². The summed E-state index contributed by atoms with van der Waals surface area (Å²) in [4.78, 5) is 26.9. The second-order valence-electron chi connectivity index (χ2n) is 5.33. The van der Waals surface area contributed by atoms with E-state index < -0.39 is 5.97 Å². The van der Waals surface area contributed by atoms with Crippen LogP contribution in [0.1, 0.15) is 31.2 Å². The maximum Gasteiger partial charge on any atom is 0.306 e. The van der Waals surface area contributed by atoms with Crippen LogP contribution in [0.15, 0.2) is 24.5 Å². The van der Waals surface area contributed by atoms with Crippen molar-refractivity contribution in [3.63, 3.8) is 0 Å². The molecule has 1 aliphatic carbocycles. The van der Waals surface area contributed by atoms with Crippen molar-refractivity contribution in [1.29, 1.82) is 0 Å². The van der Waals surface area contributed by atoms with Crippen LogP contribution in [-0.4, -0.2) is 28.5 Å². The molecule has 0 saturated heterocycles. The average molecular weight is 276 g/mol. The Morgan fingerprint density at radius 1 is 1.25 bits per heavy atom. The van der Waals surface area contributed by atoms with Crippen LogP contribution in [0.5, 0.6) is 0 Å². The zero-order valence-electron chi connectivity index (χ0n) is 11.4. The minimum Gasteiger partial charge on any atom is -0.481 e. The Morgan fingerprint density at radius 2 is 1.95 bits per heavy atom. The van der Waals surface area contributed by atoms with E-state index in [1.165, 1.54) is 0 Å². The predicted molar refractivity (Wildman–Crippen MR) is 74.0 cm³/mol. The van der Waals surface area contributed by atoms with Gasteiger partial charge in [-0.2, -0.15) is 0 Å². The molecule has 0 spiro atoms. The monoisotopic (exact) mass is 276 g/mol. The number of carbonyl (C=O) groups is 2. The lowest BCUT2D eigenvalue weighted by molar-refractivity contribution is -0.145. The molecular formula is C15H20N2O3. The predicted octanol–water partition coefficient (Wildman–Crippen LogP) is 1.63. The van der Waals surface area contributed by atoms with Gasteiger partial charge in [-0.25, -0.2) is 0 Å². The second kappa shape index (κ2) is 7.03. The van der Waals surface area contributed by atoms with Crippen molar-refractivity contribution in [1.82, 2.24) is 10.3 Å². The normalized spacial score (nSPS) is 22.2. The number of nitrogens with one attached hydrogen (secondary N) is 1. The summed E-state index contributed by atoms with van der Waals surface area (Å²) in [7, 11) is 0. The number of amides is 1. The lowest BCUT2D eigenvalue weighted by Crippen LogP contribution is -2.37. The number of aliphatic carboxylic acids is 1. The van der Waals surface area contributed by atoms with Crippen LogP contribution < -0.4 is 5.32 Å². The third-order valence-corrected chi connectivity index (χ3v) is 3.90. The Hall–Kier alpha value is -1.91. The molecule has 1 aliphatic rings. The molecule has 0 radical (unpaired) electrons. The van der Waals surface area contributed by atoms with E-state index in [0.29, 0.717) is 13.0 Å². The van der Waals surface area contributed by atoms with Crippen molar-refractivity contribution in [2.24, 2.45) is 11.8 Å². The van der Waals surface area contributed by atoms with E-state index in [9.17, 15) is 14.7 Å². The van der Waals surface area contributed by atoms with Gasteiger partial charge in [0.25, 0.3) is 0 Å². The summed E-state index contributed by atoms with van der Waals surface area (Å²) < 4.78 is 0. The number of hydrogen-bond acceptors (Lipinski definition) is 3. The van der Waals surface area contributed by atoms with Crippen LogP contribution in [0.25, 0.3) is 0 Å². The lowest BCUT2D eigenvalue weighted by atomic mass is 9.79. The Balaban J connectivity index is 1.81. The van der Waals surface area contributed by atoms with Crippen molar-refractivity contribution in [2.75, 3.05) is 6.54 Å². The third kappa shape index (κ3) is 4.05. The summed E-state index contributed by atoms with van der Waals surface area (Å²) in [5.74, 6) is -1.06. The average Bonchev–Trinajstić information content (AvgIpc) is 2.46. The van der Waals surface area contributed by atoms with Crippen molar-refractivity contribution >= 4 is 11.9 Å². The van der Waals surface area contributed by atoms with Crippen molar-refractivity contribution in [3.8, 4) is 0 Å². The fraction of sp³-hybridized carbons (Fsp3) is 0.533. The molecule has 1 aromatic rings. The third-order valence-electron chi connectivity index (χ3n) is 3.90. The summed E-state index contributed by atoms with van der Waals surface area (Å²) in [6.45, 7) is 0.459. The smallest absolute Gasteiger partial charge is 0.306 e. The van der Waals surface area contributed by atoms with Gasteiger partial charge >= 0.3 is 5.97 Å². The second-order valence-corrected chi connectivity index (χ2v) is 5.33. The van der Waals surface area contributed by atoms with Crippen molar-refractivity contribution < 1.29 is 14.7 Å². The highest BCUT2D eigenvalue weighted by atomic mass is 16.4. The van der Waals surface area contributed by atoms with E-state index >= 15 is 0 Å². The van der Waals surface area contributed by atoms with Crippen LogP contribution in [0, 0.1) is 11.8 Å². The molecule has 2 rings (SSSR count). The summed E-state index contributed by atoms with van der Waals surface area (Å²) >= 11 is 0. The molecule has 0 bridgehead atoms. The van der Waals surface area contributed by atoms with Crippen LogP contribution in [0.3, 0.4) is 0 Å². The first-order valence-electron chi connectivity index (χ1n) is 7.05. The van der Waals surface area contributed by atoms with Gasteiger partial charge in [0.05, 0.1) is 12.3 Å². The van der Waals surface area contributed by atoms with Gasteiger partial charge in [0.1, 0.15) is 0 Å². The number of rotatable bonds is 5. The molecule has 1 heterocycles. The van der Waals surface area contributed by atoms with Crippen LogP contribution in [0.2, 0.25) is 0 Å². The quantitative estimate of drug-likeness (QED) is 0.856. The molecule has 108 valence electrons. The van der Waals surface area contributed by atoms with Gasteiger partial charge in [-0.3, -0.25) is 14.6 Å². The highest BCUT2D eigenvalue weighted by molar-refractivity contribution is 5.78. The summed E-state index contributed by atoms with van der Waals surface area (Å²) in [6, 6.07) is 3.61. The summed E-state index contributed by atoms with van der Waals surface area (Å²) in [6.07, 6.45) is 7.25. The van der Waals surface area contributed by atoms with Crippen LogP contribution in [0.4, 0.5) is 0 Å². The molecule has 20 heavy (non-hydrogen) atoms. The van der Waals surface area contributed by atoms with Gasteiger partial charge in [0.15, 0.2) is 0 Å². The Morgan fingerprint density at radius 3 is 2.65 bits per heavy atom. The molecule has 5 nitrogen and oxygen atoms in total. The highest BCUT2D eigenvalue weighted by Gasteiger charge is 2.30. The largest absolute Gasteiger partial charge is 0.481 e. The van der Waals surface area contributed by atoms with Gasteiger partial charge in [0.2, 0.25) is 5.91 Å². The van der Waals surface area contributed by atoms with Gasteiger partial charge in [-0.15, -0.1) is 0 Å². The van der Waals surface area contributed by atoms with E-state index in [0.717, 1.165) is 31.2 Å². The van der Waals surface area contributed by atoms with E-state index in [1.54, 1.807) is 24.5 Å². The van der Waals surface area contributed by atoms with E-state index in [-0.39, 0.29) is 17.7 Å². The molecular weight excluding hydrogens is 256 g/mol. The minimum atomic E-state index is -0.738. The van der Waals surface area contributed by atoms with Gasteiger partial charge in [-0.05, 0) is 36.5 Å². The molecule has 1 aromatic heterocycles. The summed E-state index contributed by atoms with van der Waals surface area (Å²) in [5, 5.41) is 12.1. The number of carbonyl (C=O) groups excluding carboxylic acids is 1. The first-order chi connectivity index (χ1) is 9.66. The number of carboxylic acid groups (broad SMARTS) is 1. The van der Waals surface area contributed by atoms with E-state index in [4.69, 9.17) is 0 Å². The number of pyridine rings is 1. The molecule has 1 amide bonds. The SMILES string of the molecule is O=C(Cc1ccncc1)NCC1CCCCC1C(=O)O. The van der Waals surface area contributed by atoms with Crippen LogP contribution in [-0.2, 0) is 16.0 Å². The minimum absolute atomic E-state index is 0.0580. The van der Waals surface area contributed by atoms with Crippen molar-refractivity contribution in [2.45, 2.75) is 32.1 Å². The Kier molecular flexibility index (Phi) is 5.09. The number of hydrogen-bond donors (Lipinski definition) is 2. The number of nitrogens with zero attached hydrogens (tertiary/aromatic N) is 1. The molecule has 2 N–H and O–H groups in total. The Labute approximate surface area is 118 Å². The molecule has 2 atom stereocenters. The van der Waals surface area contributed by atoms with Gasteiger partial charge in [-0.1, -0.05) is 12.8 Å². The lowest BCUT2D eigenvalue weighted by Gasteiger charge is -2.28. The topological polar surface area (TPSA) is 79.3 Å². The maximum atomic E-state index is 11.9. The zero-order chi connectivity index (χ0) is 14.4. The van der Waals surface area contributed by atoms with Gasteiger partial charge in [0, 0.05) is 18.9 Å². The fourth-order valence-electron chi connectivity index (χ4n) is 2.77. The van der Waals surface area contributed by atoms with Crippen molar-refractivity contribution in [3.05, 3.63) is 30.1 Å². The molecule has 2 unspecified atom stereocenters. The molecule has 5 heteroatoms. The highest BCUT2D eigenvalue weighted by Crippen LogP contribution is 2.29. The summed E-state index contributed by atoms with van der Waals surface area (Å²) in [5.41, 5.74) is 0.913. The fourth-order valence-corrected chi connectivity index (χ4v) is 2.77. The maximum absolute atomic E-state index is 11.9. The molecule has 0 aliphatic heterocycles. The molecule has 1 saturated carbocycles. The van der Waals surface area contributed by atoms with E-state index in [1.807, 2.05) is 0 Å². The number of aromatic nitrogens is 1. The zero-order valence-corrected chi connectivity index (χ0v) is 11.4. The van der Waals surface area contributed by atoms with Crippen LogP contribution >= 0.6 is 0 Å². The standard InChI is InChI=1S/C15H20N2O3/c18-14(9-11-5-7-16-8-6-11)17-10-12-3-1-2-4-13(12)15(19)20/h5-8,12-13H,1-4,9-10H2,(H,17,18)(H,19,20).